The zero-order valence-corrected chi connectivity index (χ0v) is 8.34. The smallest absolute Gasteiger partial charge is 0.126 e. The van der Waals surface area contributed by atoms with E-state index < -0.39 is 0 Å². The van der Waals surface area contributed by atoms with E-state index in [4.69, 9.17) is 11.6 Å². The molecule has 0 nitrogen and oxygen atoms in total. The van der Waals surface area contributed by atoms with Gasteiger partial charge in [-0.15, -0.1) is 11.6 Å². The van der Waals surface area contributed by atoms with Crippen molar-refractivity contribution in [2.45, 2.75) is 12.8 Å². The topological polar surface area (TPSA) is 0 Å². The largest absolute Gasteiger partial charge is 0.207 e. The van der Waals surface area contributed by atoms with Gasteiger partial charge in [-0.05, 0) is 30.2 Å². The highest BCUT2D eigenvalue weighted by atomic mass is 79.9. The van der Waals surface area contributed by atoms with Crippen LogP contribution in [0.15, 0.2) is 16.6 Å². The fourth-order valence-corrected chi connectivity index (χ4v) is 1.77. The Bertz CT molecular complexity index is 273. The van der Waals surface area contributed by atoms with Crippen molar-refractivity contribution in [1.29, 1.82) is 0 Å². The summed E-state index contributed by atoms with van der Waals surface area (Å²) >= 11 is 8.85. The molecule has 3 heteroatoms. The molecule has 0 fully saturated rings. The van der Waals surface area contributed by atoms with Crippen molar-refractivity contribution in [3.63, 3.8) is 0 Å². The number of rotatable bonds is 1. The van der Waals surface area contributed by atoms with E-state index in [9.17, 15) is 4.39 Å². The first kappa shape index (κ1) is 9.01. The third-order valence-electron chi connectivity index (χ3n) is 1.47. The van der Waals surface area contributed by atoms with Crippen LogP contribution in [0.4, 0.5) is 4.39 Å². The van der Waals surface area contributed by atoms with E-state index in [1.165, 1.54) is 6.07 Å². The fraction of sp³-hybridized carbons (Fsp3) is 0.250. The molecule has 0 aliphatic heterocycles. The van der Waals surface area contributed by atoms with Gasteiger partial charge >= 0.3 is 0 Å². The first-order valence-electron chi connectivity index (χ1n) is 3.15. The molecular weight excluding hydrogens is 230 g/mol. The molecule has 0 atom stereocenters. The van der Waals surface area contributed by atoms with Crippen LogP contribution in [0.25, 0.3) is 0 Å². The highest BCUT2D eigenvalue weighted by Crippen LogP contribution is 2.22. The minimum absolute atomic E-state index is 0.205. The highest BCUT2D eigenvalue weighted by Gasteiger charge is 2.03. The second-order valence-electron chi connectivity index (χ2n) is 2.33. The van der Waals surface area contributed by atoms with Gasteiger partial charge in [0.1, 0.15) is 5.82 Å². The van der Waals surface area contributed by atoms with Crippen molar-refractivity contribution < 1.29 is 4.39 Å². The van der Waals surface area contributed by atoms with Gasteiger partial charge < -0.3 is 0 Å². The summed E-state index contributed by atoms with van der Waals surface area (Å²) in [7, 11) is 0. The van der Waals surface area contributed by atoms with Gasteiger partial charge in [0.25, 0.3) is 0 Å². The van der Waals surface area contributed by atoms with Crippen molar-refractivity contribution in [3.05, 3.63) is 33.5 Å². The Hall–Kier alpha value is -0.0800. The third kappa shape index (κ3) is 1.94. The van der Waals surface area contributed by atoms with Crippen LogP contribution in [-0.4, -0.2) is 0 Å². The summed E-state index contributed by atoms with van der Waals surface area (Å²) in [6.07, 6.45) is 0. The maximum absolute atomic E-state index is 12.9. The minimum Gasteiger partial charge on any atom is -0.207 e. The Labute approximate surface area is 78.5 Å². The monoisotopic (exact) mass is 236 g/mol. The van der Waals surface area contributed by atoms with E-state index in [2.05, 4.69) is 15.9 Å². The molecule has 0 bridgehead atoms. The minimum atomic E-state index is -0.205. The lowest BCUT2D eigenvalue weighted by atomic mass is 10.2. The van der Waals surface area contributed by atoms with E-state index in [0.717, 1.165) is 10.0 Å². The second kappa shape index (κ2) is 3.55. The van der Waals surface area contributed by atoms with Gasteiger partial charge in [-0.25, -0.2) is 4.39 Å². The second-order valence-corrected chi connectivity index (χ2v) is 3.45. The van der Waals surface area contributed by atoms with Crippen molar-refractivity contribution in [2.75, 3.05) is 0 Å². The van der Waals surface area contributed by atoms with Crippen LogP contribution in [0.5, 0.6) is 0 Å². The highest BCUT2D eigenvalue weighted by molar-refractivity contribution is 9.10. The first-order valence-corrected chi connectivity index (χ1v) is 4.48. The van der Waals surface area contributed by atoms with Crippen LogP contribution in [0.1, 0.15) is 11.1 Å². The van der Waals surface area contributed by atoms with Gasteiger partial charge in [0.05, 0.1) is 0 Å². The average Bonchev–Trinajstić information content (AvgIpc) is 1.97. The summed E-state index contributed by atoms with van der Waals surface area (Å²) in [5.41, 5.74) is 1.42. The Morgan fingerprint density at radius 1 is 1.55 bits per heavy atom. The summed E-state index contributed by atoms with van der Waals surface area (Å²) in [6.45, 7) is 1.72. The maximum Gasteiger partial charge on any atom is 0.126 e. The van der Waals surface area contributed by atoms with Crippen molar-refractivity contribution in [1.82, 2.24) is 0 Å². The SMILES string of the molecule is Cc1cc(Br)c(CCl)cc1F. The fourth-order valence-electron chi connectivity index (χ4n) is 0.790. The van der Waals surface area contributed by atoms with E-state index in [0.29, 0.717) is 11.4 Å². The van der Waals surface area contributed by atoms with Crippen LogP contribution in [-0.2, 0) is 5.88 Å². The maximum atomic E-state index is 12.9. The molecule has 0 heterocycles. The van der Waals surface area contributed by atoms with Crippen LogP contribution >= 0.6 is 27.5 Å². The molecule has 0 aromatic heterocycles. The van der Waals surface area contributed by atoms with Crippen LogP contribution in [0, 0.1) is 12.7 Å². The standard InChI is InChI=1S/C8H7BrClF/c1-5-2-7(9)6(4-10)3-8(5)11/h2-3H,4H2,1H3. The molecule has 0 saturated heterocycles. The van der Waals surface area contributed by atoms with Gasteiger partial charge in [0, 0.05) is 10.4 Å². The van der Waals surface area contributed by atoms with Crippen molar-refractivity contribution in [2.24, 2.45) is 0 Å². The number of aryl methyl sites for hydroxylation is 1. The van der Waals surface area contributed by atoms with E-state index in [-0.39, 0.29) is 5.82 Å². The number of hydrogen-bond donors (Lipinski definition) is 0. The van der Waals surface area contributed by atoms with Crippen molar-refractivity contribution >= 4 is 27.5 Å². The molecule has 0 N–H and O–H groups in total. The molecule has 0 spiro atoms. The molecular formula is C8H7BrClF. The summed E-state index contributed by atoms with van der Waals surface area (Å²) in [4.78, 5) is 0. The lowest BCUT2D eigenvalue weighted by molar-refractivity contribution is 0.616. The molecule has 1 aromatic rings. The average molecular weight is 237 g/mol. The third-order valence-corrected chi connectivity index (χ3v) is 2.50. The Morgan fingerprint density at radius 3 is 2.73 bits per heavy atom. The molecule has 1 rings (SSSR count). The van der Waals surface area contributed by atoms with Crippen LogP contribution < -0.4 is 0 Å². The van der Waals surface area contributed by atoms with Gasteiger partial charge in [-0.2, -0.15) is 0 Å². The Kier molecular flexibility index (Phi) is 2.90. The quantitative estimate of drug-likeness (QED) is 0.654. The molecule has 1 aromatic carbocycles. The molecule has 11 heavy (non-hydrogen) atoms. The van der Waals surface area contributed by atoms with Gasteiger partial charge in [0.2, 0.25) is 0 Å². The lowest BCUT2D eigenvalue weighted by Crippen LogP contribution is -1.87. The zero-order chi connectivity index (χ0) is 8.43. The van der Waals surface area contributed by atoms with Gasteiger partial charge in [0.15, 0.2) is 0 Å². The van der Waals surface area contributed by atoms with Crippen LogP contribution in [0.3, 0.4) is 0 Å². The molecule has 0 radical (unpaired) electrons. The zero-order valence-electron chi connectivity index (χ0n) is 6.00. The summed E-state index contributed by atoms with van der Waals surface area (Å²) in [6, 6.07) is 3.18. The van der Waals surface area contributed by atoms with E-state index in [1.54, 1.807) is 13.0 Å². The Morgan fingerprint density at radius 2 is 2.18 bits per heavy atom. The normalized spacial score (nSPS) is 10.2. The number of hydrogen-bond acceptors (Lipinski definition) is 0. The molecule has 0 amide bonds. The predicted octanol–water partition coefficient (Wildman–Crippen LogP) is 3.64. The molecule has 60 valence electrons. The Balaban J connectivity index is 3.21. The van der Waals surface area contributed by atoms with Gasteiger partial charge in [-0.1, -0.05) is 15.9 Å². The molecule has 0 aliphatic carbocycles. The first-order chi connectivity index (χ1) is 5.15. The predicted molar refractivity (Wildman–Crippen MR) is 48.4 cm³/mol. The summed E-state index contributed by atoms with van der Waals surface area (Å²) in [5.74, 6) is 0.126. The summed E-state index contributed by atoms with van der Waals surface area (Å²) in [5, 5.41) is 0. The van der Waals surface area contributed by atoms with Gasteiger partial charge in [-0.3, -0.25) is 0 Å². The molecule has 0 saturated carbocycles. The van der Waals surface area contributed by atoms with E-state index >= 15 is 0 Å². The number of benzene rings is 1. The van der Waals surface area contributed by atoms with Crippen LogP contribution in [0.2, 0.25) is 0 Å². The lowest BCUT2D eigenvalue weighted by Gasteiger charge is -2.02. The molecule has 0 aliphatic rings. The number of halogens is 3. The summed E-state index contributed by atoms with van der Waals surface area (Å²) < 4.78 is 13.7. The number of alkyl halides is 1. The molecule has 0 unspecified atom stereocenters. The van der Waals surface area contributed by atoms with Crippen molar-refractivity contribution in [3.8, 4) is 0 Å². The van der Waals surface area contributed by atoms with E-state index in [1.807, 2.05) is 0 Å².